The molecule has 0 saturated carbocycles. The standard InChI is InChI=1S/C24H28N4O3.CH4/c25-16-22(24(30)27-31)26-23(29)21-12-10-19(11-13-21)5-4-18-6-8-20(9-7-18)17-28-14-2-1-3-15-28;/h6-13,22,31H,1-3,14-17,25H2,(H,26,29)(H,27,30);1H4/t22-;/m0./s1. The molecule has 1 aliphatic rings. The van der Waals surface area contributed by atoms with Gasteiger partial charge in [-0.1, -0.05) is 37.8 Å². The number of hydrogen-bond acceptors (Lipinski definition) is 5. The quantitative estimate of drug-likeness (QED) is 0.316. The summed E-state index contributed by atoms with van der Waals surface area (Å²) in [4.78, 5) is 26.2. The number of nitrogens with zero attached hydrogens (tertiary/aromatic N) is 1. The van der Waals surface area contributed by atoms with Crippen LogP contribution in [0.4, 0.5) is 0 Å². The average Bonchev–Trinajstić information content (AvgIpc) is 2.82. The number of carbonyl (C=O) groups excluding carboxylic acids is 2. The summed E-state index contributed by atoms with van der Waals surface area (Å²) in [7, 11) is 0. The van der Waals surface area contributed by atoms with Gasteiger partial charge in [0.15, 0.2) is 0 Å². The van der Waals surface area contributed by atoms with Crippen LogP contribution in [0.1, 0.15) is 53.7 Å². The Labute approximate surface area is 190 Å². The molecule has 1 saturated heterocycles. The van der Waals surface area contributed by atoms with E-state index in [4.69, 9.17) is 10.9 Å². The van der Waals surface area contributed by atoms with Crippen molar-refractivity contribution in [2.75, 3.05) is 19.6 Å². The number of carbonyl (C=O) groups is 2. The Morgan fingerprint density at radius 1 is 0.969 bits per heavy atom. The molecule has 1 atom stereocenters. The zero-order valence-corrected chi connectivity index (χ0v) is 17.4. The summed E-state index contributed by atoms with van der Waals surface area (Å²) in [5, 5.41) is 11.1. The van der Waals surface area contributed by atoms with Crippen molar-refractivity contribution in [1.82, 2.24) is 15.7 Å². The first-order chi connectivity index (χ1) is 15.1. The molecule has 0 radical (unpaired) electrons. The molecule has 0 aliphatic carbocycles. The molecule has 1 heterocycles. The van der Waals surface area contributed by atoms with Gasteiger partial charge in [-0.2, -0.15) is 0 Å². The van der Waals surface area contributed by atoms with Crippen LogP contribution in [0.5, 0.6) is 0 Å². The number of hydroxylamine groups is 1. The largest absolute Gasteiger partial charge is 0.339 e. The minimum atomic E-state index is -1.00. The van der Waals surface area contributed by atoms with E-state index in [1.807, 2.05) is 12.1 Å². The van der Waals surface area contributed by atoms with Crippen molar-refractivity contribution in [1.29, 1.82) is 0 Å². The molecule has 0 unspecified atom stereocenters. The first-order valence-electron chi connectivity index (χ1n) is 10.5. The fourth-order valence-corrected chi connectivity index (χ4v) is 3.47. The molecule has 3 rings (SSSR count). The summed E-state index contributed by atoms with van der Waals surface area (Å²) in [5.41, 5.74) is 10.3. The summed E-state index contributed by atoms with van der Waals surface area (Å²) in [6, 6.07) is 14.1. The van der Waals surface area contributed by atoms with E-state index in [1.165, 1.54) is 43.4 Å². The molecule has 2 amide bonds. The molecule has 1 fully saturated rings. The van der Waals surface area contributed by atoms with Gasteiger partial charge in [-0.25, -0.2) is 5.48 Å². The van der Waals surface area contributed by atoms with E-state index in [-0.39, 0.29) is 14.0 Å². The van der Waals surface area contributed by atoms with Crippen LogP contribution < -0.4 is 16.5 Å². The lowest BCUT2D eigenvalue weighted by molar-refractivity contribution is -0.130. The van der Waals surface area contributed by atoms with Crippen molar-refractivity contribution < 1.29 is 14.8 Å². The van der Waals surface area contributed by atoms with Gasteiger partial charge in [0.25, 0.3) is 11.8 Å². The Morgan fingerprint density at radius 2 is 1.53 bits per heavy atom. The number of nitrogens with one attached hydrogen (secondary N) is 2. The first-order valence-corrected chi connectivity index (χ1v) is 10.5. The van der Waals surface area contributed by atoms with Gasteiger partial charge in [-0.05, 0) is 67.9 Å². The molecule has 2 aromatic rings. The number of likely N-dealkylation sites (tertiary alicyclic amines) is 1. The van der Waals surface area contributed by atoms with Gasteiger partial charge >= 0.3 is 0 Å². The van der Waals surface area contributed by atoms with E-state index in [9.17, 15) is 9.59 Å². The second-order valence-corrected chi connectivity index (χ2v) is 7.60. The van der Waals surface area contributed by atoms with E-state index in [1.54, 1.807) is 24.3 Å². The van der Waals surface area contributed by atoms with Gasteiger partial charge in [0.1, 0.15) is 6.04 Å². The van der Waals surface area contributed by atoms with Gasteiger partial charge in [0.2, 0.25) is 0 Å². The van der Waals surface area contributed by atoms with Crippen LogP contribution in [0.25, 0.3) is 0 Å². The normalized spacial score (nSPS) is 14.3. The zero-order chi connectivity index (χ0) is 22.1. The summed E-state index contributed by atoms with van der Waals surface area (Å²) in [5.74, 6) is 5.02. The van der Waals surface area contributed by atoms with Crippen LogP contribution in [-0.4, -0.2) is 47.6 Å². The van der Waals surface area contributed by atoms with Crippen molar-refractivity contribution in [3.8, 4) is 11.8 Å². The molecular formula is C25H32N4O3. The predicted octanol–water partition coefficient (Wildman–Crippen LogP) is 2.27. The molecule has 2 aromatic carbocycles. The van der Waals surface area contributed by atoms with E-state index in [2.05, 4.69) is 34.2 Å². The van der Waals surface area contributed by atoms with E-state index >= 15 is 0 Å². The third-order valence-corrected chi connectivity index (χ3v) is 5.27. The van der Waals surface area contributed by atoms with Crippen LogP contribution in [0.15, 0.2) is 48.5 Å². The number of benzene rings is 2. The Kier molecular flexibility index (Phi) is 9.89. The fourth-order valence-electron chi connectivity index (χ4n) is 3.47. The van der Waals surface area contributed by atoms with Gasteiger partial charge in [-0.15, -0.1) is 0 Å². The van der Waals surface area contributed by atoms with Crippen molar-refractivity contribution in [3.05, 3.63) is 70.8 Å². The average molecular weight is 437 g/mol. The molecule has 1 aliphatic heterocycles. The van der Waals surface area contributed by atoms with Crippen LogP contribution in [0.3, 0.4) is 0 Å². The second kappa shape index (κ2) is 12.6. The minimum absolute atomic E-state index is 0. The van der Waals surface area contributed by atoms with Crippen molar-refractivity contribution >= 4 is 11.8 Å². The molecular weight excluding hydrogens is 404 g/mol. The molecule has 0 bridgehead atoms. The third-order valence-electron chi connectivity index (χ3n) is 5.27. The maximum absolute atomic E-state index is 12.2. The molecule has 7 heteroatoms. The molecule has 5 N–H and O–H groups in total. The summed E-state index contributed by atoms with van der Waals surface area (Å²) in [6.45, 7) is 3.22. The molecule has 170 valence electrons. The Hall–Kier alpha value is -3.18. The van der Waals surface area contributed by atoms with Crippen LogP contribution in [0, 0.1) is 11.8 Å². The number of nitrogens with two attached hydrogens (primary N) is 1. The highest BCUT2D eigenvalue weighted by molar-refractivity contribution is 5.97. The zero-order valence-electron chi connectivity index (χ0n) is 17.4. The molecule has 0 aromatic heterocycles. The Morgan fingerprint density at radius 3 is 2.06 bits per heavy atom. The summed E-state index contributed by atoms with van der Waals surface area (Å²) in [6.07, 6.45) is 3.91. The van der Waals surface area contributed by atoms with Crippen LogP contribution in [0.2, 0.25) is 0 Å². The van der Waals surface area contributed by atoms with Crippen LogP contribution >= 0.6 is 0 Å². The molecule has 0 spiro atoms. The maximum atomic E-state index is 12.2. The van der Waals surface area contributed by atoms with Gasteiger partial charge in [0.05, 0.1) is 0 Å². The predicted molar refractivity (Wildman–Crippen MR) is 125 cm³/mol. The highest BCUT2D eigenvalue weighted by atomic mass is 16.5. The van der Waals surface area contributed by atoms with Crippen molar-refractivity contribution in [2.45, 2.75) is 39.3 Å². The van der Waals surface area contributed by atoms with Gasteiger partial charge < -0.3 is 11.1 Å². The summed E-state index contributed by atoms with van der Waals surface area (Å²) < 4.78 is 0. The monoisotopic (exact) mass is 436 g/mol. The van der Waals surface area contributed by atoms with Gasteiger partial charge in [0, 0.05) is 29.8 Å². The molecule has 7 nitrogen and oxygen atoms in total. The smallest absolute Gasteiger partial charge is 0.267 e. The lowest BCUT2D eigenvalue weighted by Crippen LogP contribution is -2.50. The SMILES string of the molecule is C.NC[C@H](NC(=O)c1ccc(C#Cc2ccc(CN3CCCCC3)cc2)cc1)C(=O)NO. The minimum Gasteiger partial charge on any atom is -0.339 e. The first kappa shape index (κ1) is 25.1. The number of amides is 2. The number of piperidine rings is 1. The lowest BCUT2D eigenvalue weighted by atomic mass is 10.1. The van der Waals surface area contributed by atoms with E-state index in [0.717, 1.165) is 17.7 Å². The topological polar surface area (TPSA) is 108 Å². The lowest BCUT2D eigenvalue weighted by Gasteiger charge is -2.26. The Bertz CT molecular complexity index is 940. The Balaban J connectivity index is 0.00000363. The van der Waals surface area contributed by atoms with E-state index in [0.29, 0.717) is 5.56 Å². The maximum Gasteiger partial charge on any atom is 0.267 e. The van der Waals surface area contributed by atoms with Gasteiger partial charge in [-0.3, -0.25) is 19.7 Å². The highest BCUT2D eigenvalue weighted by Crippen LogP contribution is 2.13. The fraction of sp³-hybridized carbons (Fsp3) is 0.360. The second-order valence-electron chi connectivity index (χ2n) is 7.60. The van der Waals surface area contributed by atoms with Crippen LogP contribution in [-0.2, 0) is 11.3 Å². The third kappa shape index (κ3) is 7.20. The number of hydrogen-bond donors (Lipinski definition) is 4. The van der Waals surface area contributed by atoms with Crippen molar-refractivity contribution in [2.24, 2.45) is 5.73 Å². The molecule has 32 heavy (non-hydrogen) atoms. The summed E-state index contributed by atoms with van der Waals surface area (Å²) >= 11 is 0. The van der Waals surface area contributed by atoms with Crippen molar-refractivity contribution in [3.63, 3.8) is 0 Å². The van der Waals surface area contributed by atoms with E-state index < -0.39 is 17.9 Å². The number of rotatable bonds is 6. The highest BCUT2D eigenvalue weighted by Gasteiger charge is 2.19.